The lowest BCUT2D eigenvalue weighted by molar-refractivity contribution is 0.529. The van der Waals surface area contributed by atoms with Crippen LogP contribution in [-0.2, 0) is 0 Å². The van der Waals surface area contributed by atoms with Crippen LogP contribution in [0.25, 0.3) is 0 Å². The molecule has 19 heavy (non-hydrogen) atoms. The first-order valence-corrected chi connectivity index (χ1v) is 7.69. The number of rotatable bonds is 4. The Labute approximate surface area is 121 Å². The monoisotopic (exact) mass is 281 g/mol. The van der Waals surface area contributed by atoms with E-state index in [0.29, 0.717) is 11.1 Å². The smallest absolute Gasteiger partial charge is 0.137 e. The Balaban J connectivity index is 2.24. The minimum atomic E-state index is 0.311. The molecule has 0 aliphatic carbocycles. The van der Waals surface area contributed by atoms with E-state index in [1.165, 1.54) is 19.3 Å². The minimum Gasteiger partial charge on any atom is -0.356 e. The maximum Gasteiger partial charge on any atom is 0.137 e. The Morgan fingerprint density at radius 2 is 2.11 bits per heavy atom. The van der Waals surface area contributed by atoms with Crippen LogP contribution >= 0.6 is 11.6 Å². The fourth-order valence-corrected chi connectivity index (χ4v) is 2.90. The van der Waals surface area contributed by atoms with Gasteiger partial charge in [-0.25, -0.2) is 9.97 Å². The molecule has 1 unspecified atom stereocenters. The van der Waals surface area contributed by atoms with Gasteiger partial charge in [0.2, 0.25) is 0 Å². The number of hydrogen-bond acceptors (Lipinski definition) is 3. The number of halogens is 1. The van der Waals surface area contributed by atoms with E-state index in [1.807, 2.05) is 6.92 Å². The van der Waals surface area contributed by atoms with Crippen LogP contribution < -0.4 is 4.90 Å². The molecule has 1 fully saturated rings. The van der Waals surface area contributed by atoms with E-state index in [9.17, 15) is 0 Å². The largest absolute Gasteiger partial charge is 0.356 e. The van der Waals surface area contributed by atoms with Crippen LogP contribution in [0.5, 0.6) is 0 Å². The molecule has 4 heteroatoms. The van der Waals surface area contributed by atoms with Crippen molar-refractivity contribution in [1.82, 2.24) is 9.97 Å². The summed E-state index contributed by atoms with van der Waals surface area (Å²) in [6, 6.07) is 0. The SMILES string of the molecule is CCCC1CCN(c2nc(C(C)C)nc(Cl)c2C)C1. The predicted molar refractivity (Wildman–Crippen MR) is 81.1 cm³/mol. The van der Waals surface area contributed by atoms with E-state index in [-0.39, 0.29) is 0 Å². The van der Waals surface area contributed by atoms with Gasteiger partial charge in [-0.1, -0.05) is 38.8 Å². The fraction of sp³-hybridized carbons (Fsp3) is 0.733. The molecule has 1 aromatic rings. The summed E-state index contributed by atoms with van der Waals surface area (Å²) in [5.41, 5.74) is 1.02. The maximum absolute atomic E-state index is 6.26. The molecule has 106 valence electrons. The lowest BCUT2D eigenvalue weighted by Crippen LogP contribution is -2.23. The summed E-state index contributed by atoms with van der Waals surface area (Å²) < 4.78 is 0. The zero-order valence-corrected chi connectivity index (χ0v) is 13.2. The van der Waals surface area contributed by atoms with Crippen LogP contribution in [0.2, 0.25) is 5.15 Å². The molecular formula is C15H24ClN3. The summed E-state index contributed by atoms with van der Waals surface area (Å²) in [6.45, 7) is 10.7. The molecule has 0 radical (unpaired) electrons. The topological polar surface area (TPSA) is 29.0 Å². The van der Waals surface area contributed by atoms with Gasteiger partial charge in [0.15, 0.2) is 0 Å². The molecule has 0 aromatic carbocycles. The van der Waals surface area contributed by atoms with E-state index in [4.69, 9.17) is 16.6 Å². The molecule has 3 nitrogen and oxygen atoms in total. The third kappa shape index (κ3) is 3.19. The highest BCUT2D eigenvalue weighted by Gasteiger charge is 2.25. The first-order valence-electron chi connectivity index (χ1n) is 7.31. The quantitative estimate of drug-likeness (QED) is 0.775. The van der Waals surface area contributed by atoms with Crippen molar-refractivity contribution in [2.24, 2.45) is 5.92 Å². The lowest BCUT2D eigenvalue weighted by Gasteiger charge is -2.21. The molecule has 1 atom stereocenters. The summed E-state index contributed by atoms with van der Waals surface area (Å²) in [5, 5.41) is 0.604. The van der Waals surface area contributed by atoms with Gasteiger partial charge in [-0.3, -0.25) is 0 Å². The Hall–Kier alpha value is -0.830. The van der Waals surface area contributed by atoms with Crippen LogP contribution in [0.15, 0.2) is 0 Å². The van der Waals surface area contributed by atoms with Crippen molar-refractivity contribution >= 4 is 17.4 Å². The van der Waals surface area contributed by atoms with Crippen molar-refractivity contribution in [2.45, 2.75) is 52.9 Å². The number of anilines is 1. The Morgan fingerprint density at radius 1 is 1.37 bits per heavy atom. The molecule has 1 aliphatic rings. The van der Waals surface area contributed by atoms with Crippen LogP contribution in [-0.4, -0.2) is 23.1 Å². The molecular weight excluding hydrogens is 258 g/mol. The number of hydrogen-bond donors (Lipinski definition) is 0. The number of aromatic nitrogens is 2. The van der Waals surface area contributed by atoms with Gasteiger partial charge in [0, 0.05) is 24.6 Å². The lowest BCUT2D eigenvalue weighted by atomic mass is 10.0. The molecule has 0 amide bonds. The second kappa shape index (κ2) is 6.08. The van der Waals surface area contributed by atoms with Crippen molar-refractivity contribution in [1.29, 1.82) is 0 Å². The zero-order chi connectivity index (χ0) is 14.0. The van der Waals surface area contributed by atoms with Crippen LogP contribution in [0.4, 0.5) is 5.82 Å². The molecule has 1 aromatic heterocycles. The van der Waals surface area contributed by atoms with E-state index < -0.39 is 0 Å². The predicted octanol–water partition coefficient (Wildman–Crippen LogP) is 4.19. The highest BCUT2D eigenvalue weighted by molar-refractivity contribution is 6.30. The summed E-state index contributed by atoms with van der Waals surface area (Å²) in [4.78, 5) is 11.5. The molecule has 2 rings (SSSR count). The van der Waals surface area contributed by atoms with Crippen molar-refractivity contribution in [3.63, 3.8) is 0 Å². The van der Waals surface area contributed by atoms with Gasteiger partial charge in [0.25, 0.3) is 0 Å². The first-order chi connectivity index (χ1) is 9.02. The molecule has 0 spiro atoms. The Kier molecular flexibility index (Phi) is 4.67. The highest BCUT2D eigenvalue weighted by Crippen LogP contribution is 2.31. The van der Waals surface area contributed by atoms with Crippen molar-refractivity contribution in [2.75, 3.05) is 18.0 Å². The Bertz CT molecular complexity index is 445. The van der Waals surface area contributed by atoms with Gasteiger partial charge in [-0.15, -0.1) is 0 Å². The third-order valence-electron chi connectivity index (χ3n) is 3.88. The summed E-state index contributed by atoms with van der Waals surface area (Å²) in [6.07, 6.45) is 3.84. The normalized spacial score (nSPS) is 19.5. The fourth-order valence-electron chi connectivity index (χ4n) is 2.73. The van der Waals surface area contributed by atoms with E-state index in [2.05, 4.69) is 30.7 Å². The van der Waals surface area contributed by atoms with Crippen molar-refractivity contribution in [3.05, 3.63) is 16.5 Å². The molecule has 1 saturated heterocycles. The Morgan fingerprint density at radius 3 is 2.74 bits per heavy atom. The minimum absolute atomic E-state index is 0.311. The highest BCUT2D eigenvalue weighted by atomic mass is 35.5. The van der Waals surface area contributed by atoms with Crippen LogP contribution in [0.1, 0.15) is 57.3 Å². The molecule has 1 aliphatic heterocycles. The number of nitrogens with zero attached hydrogens (tertiary/aromatic N) is 3. The average Bonchev–Trinajstić information content (AvgIpc) is 2.81. The molecule has 0 bridgehead atoms. The third-order valence-corrected chi connectivity index (χ3v) is 4.24. The summed E-state index contributed by atoms with van der Waals surface area (Å²) in [5.74, 6) is 3.01. The molecule has 0 saturated carbocycles. The van der Waals surface area contributed by atoms with Crippen LogP contribution in [0, 0.1) is 12.8 Å². The van der Waals surface area contributed by atoms with Crippen molar-refractivity contribution in [3.8, 4) is 0 Å². The van der Waals surface area contributed by atoms with Crippen LogP contribution in [0.3, 0.4) is 0 Å². The molecule has 0 N–H and O–H groups in total. The van der Waals surface area contributed by atoms with Crippen molar-refractivity contribution < 1.29 is 0 Å². The van der Waals surface area contributed by atoms with Gasteiger partial charge in [0.1, 0.15) is 16.8 Å². The van der Waals surface area contributed by atoms with Gasteiger partial charge >= 0.3 is 0 Å². The van der Waals surface area contributed by atoms with E-state index >= 15 is 0 Å². The first kappa shape index (κ1) is 14.6. The maximum atomic E-state index is 6.26. The summed E-state index contributed by atoms with van der Waals surface area (Å²) in [7, 11) is 0. The van der Waals surface area contributed by atoms with Gasteiger partial charge < -0.3 is 4.90 Å². The summed E-state index contributed by atoms with van der Waals surface area (Å²) >= 11 is 6.26. The standard InChI is InChI=1S/C15H24ClN3/c1-5-6-12-7-8-19(9-12)15-11(4)13(16)17-14(18-15)10(2)3/h10,12H,5-9H2,1-4H3. The molecule has 2 heterocycles. The zero-order valence-electron chi connectivity index (χ0n) is 12.4. The second-order valence-electron chi connectivity index (χ2n) is 5.87. The van der Waals surface area contributed by atoms with Gasteiger partial charge in [-0.05, 0) is 25.7 Å². The van der Waals surface area contributed by atoms with Gasteiger partial charge in [0.05, 0.1) is 0 Å². The van der Waals surface area contributed by atoms with Gasteiger partial charge in [-0.2, -0.15) is 0 Å². The second-order valence-corrected chi connectivity index (χ2v) is 6.22. The van der Waals surface area contributed by atoms with E-state index in [1.54, 1.807) is 0 Å². The van der Waals surface area contributed by atoms with E-state index in [0.717, 1.165) is 36.2 Å². The average molecular weight is 282 g/mol.